The fourth-order valence-corrected chi connectivity index (χ4v) is 2.25. The summed E-state index contributed by atoms with van der Waals surface area (Å²) < 4.78 is 5.81. The highest BCUT2D eigenvalue weighted by atomic mass is 16.5. The molecule has 0 bridgehead atoms. The highest BCUT2D eigenvalue weighted by molar-refractivity contribution is 5.94. The molecule has 0 atom stereocenters. The number of carbonyl (C=O) groups is 1. The van der Waals surface area contributed by atoms with Gasteiger partial charge in [0.2, 0.25) is 0 Å². The fourth-order valence-electron chi connectivity index (χ4n) is 2.25. The summed E-state index contributed by atoms with van der Waals surface area (Å²) in [6.07, 6.45) is 1.78. The Labute approximate surface area is 123 Å². The van der Waals surface area contributed by atoms with Crippen LogP contribution in [0.2, 0.25) is 0 Å². The number of hydrogen-bond donors (Lipinski definition) is 0. The maximum atomic E-state index is 11.4. The van der Waals surface area contributed by atoms with Gasteiger partial charge in [-0.2, -0.15) is 0 Å². The Bertz CT molecular complexity index is 791. The monoisotopic (exact) mass is 277 g/mol. The van der Waals surface area contributed by atoms with E-state index in [1.807, 2.05) is 42.5 Å². The molecule has 3 rings (SSSR count). The van der Waals surface area contributed by atoms with Crippen LogP contribution in [0.25, 0.3) is 10.9 Å². The average Bonchev–Trinajstić information content (AvgIpc) is 2.53. The molecule has 21 heavy (non-hydrogen) atoms. The van der Waals surface area contributed by atoms with Crippen LogP contribution in [0.5, 0.6) is 5.75 Å². The lowest BCUT2D eigenvalue weighted by Gasteiger charge is -2.09. The maximum Gasteiger partial charge on any atom is 0.159 e. The molecule has 0 aliphatic heterocycles. The van der Waals surface area contributed by atoms with Gasteiger partial charge in [0.1, 0.15) is 12.4 Å². The van der Waals surface area contributed by atoms with Gasteiger partial charge >= 0.3 is 0 Å². The van der Waals surface area contributed by atoms with Crippen molar-refractivity contribution in [2.24, 2.45) is 0 Å². The number of carbonyl (C=O) groups excluding carboxylic acids is 1. The van der Waals surface area contributed by atoms with E-state index in [1.54, 1.807) is 25.3 Å². The SMILES string of the molecule is CC(=O)c1cccc(OCc2ccnc3ccccc23)c1. The van der Waals surface area contributed by atoms with Gasteiger partial charge in [-0.25, -0.2) is 0 Å². The van der Waals surface area contributed by atoms with E-state index in [9.17, 15) is 4.79 Å². The van der Waals surface area contributed by atoms with Gasteiger partial charge in [0.05, 0.1) is 5.52 Å². The molecule has 0 saturated heterocycles. The third-order valence-electron chi connectivity index (χ3n) is 3.37. The van der Waals surface area contributed by atoms with Crippen molar-refractivity contribution in [3.8, 4) is 5.75 Å². The van der Waals surface area contributed by atoms with Gasteiger partial charge < -0.3 is 4.74 Å². The van der Waals surface area contributed by atoms with Crippen LogP contribution in [-0.2, 0) is 6.61 Å². The molecule has 1 heterocycles. The summed E-state index contributed by atoms with van der Waals surface area (Å²) in [4.78, 5) is 15.7. The Morgan fingerprint density at radius 2 is 1.95 bits per heavy atom. The van der Waals surface area contributed by atoms with Gasteiger partial charge in [-0.1, -0.05) is 30.3 Å². The second-order valence-electron chi connectivity index (χ2n) is 4.86. The van der Waals surface area contributed by atoms with Crippen LogP contribution in [0.4, 0.5) is 0 Å². The predicted molar refractivity (Wildman–Crippen MR) is 82.5 cm³/mol. The van der Waals surface area contributed by atoms with Crippen LogP contribution in [-0.4, -0.2) is 10.8 Å². The Morgan fingerprint density at radius 3 is 2.81 bits per heavy atom. The minimum Gasteiger partial charge on any atom is -0.489 e. The van der Waals surface area contributed by atoms with Gasteiger partial charge in [0.15, 0.2) is 5.78 Å². The number of rotatable bonds is 4. The second kappa shape index (κ2) is 5.75. The Balaban J connectivity index is 1.84. The first kappa shape index (κ1) is 13.3. The molecule has 0 amide bonds. The van der Waals surface area contributed by atoms with E-state index in [1.165, 1.54) is 0 Å². The number of nitrogens with zero attached hydrogens (tertiary/aromatic N) is 1. The fraction of sp³-hybridized carbons (Fsp3) is 0.111. The summed E-state index contributed by atoms with van der Waals surface area (Å²) >= 11 is 0. The highest BCUT2D eigenvalue weighted by Crippen LogP contribution is 2.20. The van der Waals surface area contributed by atoms with Crippen molar-refractivity contribution in [3.05, 3.63) is 71.9 Å². The lowest BCUT2D eigenvalue weighted by Crippen LogP contribution is -1.99. The molecular formula is C18H15NO2. The van der Waals surface area contributed by atoms with Crippen molar-refractivity contribution in [1.29, 1.82) is 0 Å². The average molecular weight is 277 g/mol. The molecule has 0 aliphatic carbocycles. The van der Waals surface area contributed by atoms with Crippen molar-refractivity contribution in [2.75, 3.05) is 0 Å². The molecular weight excluding hydrogens is 262 g/mol. The van der Waals surface area contributed by atoms with Crippen LogP contribution >= 0.6 is 0 Å². The van der Waals surface area contributed by atoms with Crippen LogP contribution in [0.3, 0.4) is 0 Å². The minimum atomic E-state index is 0.0369. The molecule has 0 spiro atoms. The summed E-state index contributed by atoms with van der Waals surface area (Å²) in [7, 11) is 0. The summed E-state index contributed by atoms with van der Waals surface area (Å²) in [5.74, 6) is 0.735. The molecule has 0 aliphatic rings. The van der Waals surface area contributed by atoms with E-state index in [0.717, 1.165) is 16.5 Å². The lowest BCUT2D eigenvalue weighted by atomic mass is 10.1. The summed E-state index contributed by atoms with van der Waals surface area (Å²) in [5.41, 5.74) is 2.69. The van der Waals surface area contributed by atoms with E-state index in [-0.39, 0.29) is 5.78 Å². The Hall–Kier alpha value is -2.68. The first-order valence-electron chi connectivity index (χ1n) is 6.80. The van der Waals surface area contributed by atoms with Crippen LogP contribution in [0.15, 0.2) is 60.8 Å². The third-order valence-corrected chi connectivity index (χ3v) is 3.37. The number of benzene rings is 2. The summed E-state index contributed by atoms with van der Waals surface area (Å²) in [5, 5.41) is 1.09. The van der Waals surface area contributed by atoms with Crippen molar-refractivity contribution < 1.29 is 9.53 Å². The molecule has 1 aromatic heterocycles. The number of para-hydroxylation sites is 1. The molecule has 2 aromatic carbocycles. The van der Waals surface area contributed by atoms with E-state index in [0.29, 0.717) is 17.9 Å². The predicted octanol–water partition coefficient (Wildman–Crippen LogP) is 4.02. The molecule has 0 saturated carbocycles. The second-order valence-corrected chi connectivity index (χ2v) is 4.86. The highest BCUT2D eigenvalue weighted by Gasteiger charge is 2.04. The van der Waals surface area contributed by atoms with E-state index >= 15 is 0 Å². The molecule has 3 nitrogen and oxygen atoms in total. The normalized spacial score (nSPS) is 10.5. The molecule has 3 aromatic rings. The maximum absolute atomic E-state index is 11.4. The van der Waals surface area contributed by atoms with Crippen LogP contribution in [0, 0.1) is 0 Å². The minimum absolute atomic E-state index is 0.0369. The van der Waals surface area contributed by atoms with Crippen molar-refractivity contribution >= 4 is 16.7 Å². The van der Waals surface area contributed by atoms with Crippen LogP contribution < -0.4 is 4.74 Å². The number of aromatic nitrogens is 1. The van der Waals surface area contributed by atoms with E-state index < -0.39 is 0 Å². The van der Waals surface area contributed by atoms with Crippen LogP contribution in [0.1, 0.15) is 22.8 Å². The van der Waals surface area contributed by atoms with Gasteiger partial charge in [-0.3, -0.25) is 9.78 Å². The largest absolute Gasteiger partial charge is 0.489 e. The first-order chi connectivity index (χ1) is 10.2. The van der Waals surface area contributed by atoms with E-state index in [4.69, 9.17) is 4.74 Å². The first-order valence-corrected chi connectivity index (χ1v) is 6.80. The summed E-state index contributed by atoms with van der Waals surface area (Å²) in [6.45, 7) is 2.00. The zero-order chi connectivity index (χ0) is 14.7. The van der Waals surface area contributed by atoms with Crippen molar-refractivity contribution in [1.82, 2.24) is 4.98 Å². The van der Waals surface area contributed by atoms with Gasteiger partial charge in [0, 0.05) is 22.7 Å². The number of ether oxygens (including phenoxy) is 1. The molecule has 0 N–H and O–H groups in total. The van der Waals surface area contributed by atoms with E-state index in [2.05, 4.69) is 4.98 Å². The third kappa shape index (κ3) is 2.92. The molecule has 0 radical (unpaired) electrons. The smallest absolute Gasteiger partial charge is 0.159 e. The Kier molecular flexibility index (Phi) is 3.65. The zero-order valence-corrected chi connectivity index (χ0v) is 11.7. The number of hydrogen-bond acceptors (Lipinski definition) is 3. The van der Waals surface area contributed by atoms with Gasteiger partial charge in [0.25, 0.3) is 0 Å². The Morgan fingerprint density at radius 1 is 1.10 bits per heavy atom. The molecule has 3 heteroatoms. The number of Topliss-reactive ketones (excluding diaryl/α,β-unsaturated/α-hetero) is 1. The van der Waals surface area contributed by atoms with Crippen molar-refractivity contribution in [2.45, 2.75) is 13.5 Å². The molecule has 0 unspecified atom stereocenters. The number of pyridine rings is 1. The number of fused-ring (bicyclic) bond motifs is 1. The molecule has 104 valence electrons. The van der Waals surface area contributed by atoms with Gasteiger partial charge in [-0.15, -0.1) is 0 Å². The van der Waals surface area contributed by atoms with Crippen molar-refractivity contribution in [3.63, 3.8) is 0 Å². The summed E-state index contributed by atoms with van der Waals surface area (Å²) in [6, 6.07) is 17.2. The molecule has 0 fully saturated rings. The quantitative estimate of drug-likeness (QED) is 0.676. The number of ketones is 1. The van der Waals surface area contributed by atoms with Gasteiger partial charge in [-0.05, 0) is 31.2 Å². The standard InChI is InChI=1S/C18H15NO2/c1-13(20)14-5-4-6-16(11-14)21-12-15-9-10-19-18-8-3-2-7-17(15)18/h2-11H,12H2,1H3. The topological polar surface area (TPSA) is 39.2 Å². The lowest BCUT2D eigenvalue weighted by molar-refractivity contribution is 0.101. The zero-order valence-electron chi connectivity index (χ0n) is 11.7.